The lowest BCUT2D eigenvalue weighted by atomic mass is 9.92. The Bertz CT molecular complexity index is 917. The average molecular weight is 389 g/mol. The third-order valence-electron chi connectivity index (χ3n) is 6.70. The molecule has 0 amide bonds. The highest BCUT2D eigenvalue weighted by Gasteiger charge is 2.44. The van der Waals surface area contributed by atoms with Gasteiger partial charge in [-0.05, 0) is 66.6 Å². The van der Waals surface area contributed by atoms with Gasteiger partial charge in [0.2, 0.25) is 0 Å². The molecule has 1 aromatic carbocycles. The molecule has 2 aliphatic carbocycles. The number of methoxy groups -OCH3 is 1. The van der Waals surface area contributed by atoms with Crippen LogP contribution in [0.3, 0.4) is 0 Å². The lowest BCUT2D eigenvalue weighted by molar-refractivity contribution is -0.115. The van der Waals surface area contributed by atoms with Crippen LogP contribution in [0.1, 0.15) is 24.8 Å². The summed E-state index contributed by atoms with van der Waals surface area (Å²) in [5, 5.41) is 3.49. The Kier molecular flexibility index (Phi) is 4.98. The summed E-state index contributed by atoms with van der Waals surface area (Å²) in [4.78, 5) is 15.6. The quantitative estimate of drug-likeness (QED) is 0.801. The van der Waals surface area contributed by atoms with E-state index >= 15 is 0 Å². The fourth-order valence-corrected chi connectivity index (χ4v) is 5.14. The van der Waals surface area contributed by atoms with Crippen molar-refractivity contribution in [2.45, 2.75) is 37.9 Å². The zero-order valence-electron chi connectivity index (χ0n) is 16.9. The molecule has 2 heterocycles. The van der Waals surface area contributed by atoms with E-state index in [1.165, 1.54) is 16.7 Å². The van der Waals surface area contributed by atoms with Crippen LogP contribution in [-0.2, 0) is 16.1 Å². The molecule has 1 saturated carbocycles. The monoisotopic (exact) mass is 388 g/mol. The number of fused-ring (bicyclic) bond motifs is 2. The van der Waals surface area contributed by atoms with Gasteiger partial charge >= 0.3 is 0 Å². The smallest absolute Gasteiger partial charge is 0.179 e. The topological polar surface area (TPSA) is 41.6 Å². The van der Waals surface area contributed by atoms with E-state index in [0.29, 0.717) is 5.92 Å². The number of hydrogen-bond acceptors (Lipinski definition) is 4. The molecule has 4 aliphatic rings. The van der Waals surface area contributed by atoms with Gasteiger partial charge in [0.15, 0.2) is 5.78 Å². The minimum atomic E-state index is -0.166. The SMILES string of the molecule is COC1=CC=CC2=C3CC(=CC4CCN(Cc5ccccc5)CC4)C(=O)C3NC12. The van der Waals surface area contributed by atoms with Crippen molar-refractivity contribution < 1.29 is 9.53 Å². The number of ketones is 1. The number of allylic oxidation sites excluding steroid dienone is 3. The molecule has 5 rings (SSSR count). The van der Waals surface area contributed by atoms with E-state index in [-0.39, 0.29) is 17.9 Å². The lowest BCUT2D eigenvalue weighted by Crippen LogP contribution is -2.38. The number of carbonyl (C=O) groups is 1. The van der Waals surface area contributed by atoms with Crippen LogP contribution in [0.5, 0.6) is 0 Å². The predicted octanol–water partition coefficient (Wildman–Crippen LogP) is 3.53. The number of Topliss-reactive ketones (excluding diaryl/α,β-unsaturated/α-hetero) is 1. The van der Waals surface area contributed by atoms with Gasteiger partial charge in [0.1, 0.15) is 5.76 Å². The van der Waals surface area contributed by atoms with E-state index in [9.17, 15) is 4.79 Å². The van der Waals surface area contributed by atoms with Crippen LogP contribution >= 0.6 is 0 Å². The van der Waals surface area contributed by atoms with Crippen molar-refractivity contribution in [3.63, 3.8) is 0 Å². The first-order chi connectivity index (χ1) is 14.2. The number of hydrogen-bond donors (Lipinski definition) is 1. The second kappa shape index (κ2) is 7.77. The van der Waals surface area contributed by atoms with Gasteiger partial charge in [-0.3, -0.25) is 15.0 Å². The molecule has 1 aromatic rings. The molecule has 2 aliphatic heterocycles. The maximum atomic E-state index is 13.0. The number of nitrogens with one attached hydrogen (secondary N) is 1. The minimum Gasteiger partial charge on any atom is -0.499 e. The minimum absolute atomic E-state index is 0.0386. The van der Waals surface area contributed by atoms with Gasteiger partial charge in [-0.2, -0.15) is 0 Å². The van der Waals surface area contributed by atoms with Crippen molar-refractivity contribution in [1.82, 2.24) is 10.2 Å². The second-order valence-corrected chi connectivity index (χ2v) is 8.48. The van der Waals surface area contributed by atoms with Crippen LogP contribution in [-0.4, -0.2) is 43.0 Å². The molecule has 2 atom stereocenters. The number of carbonyl (C=O) groups excluding carboxylic acids is 1. The van der Waals surface area contributed by atoms with Gasteiger partial charge in [0, 0.05) is 6.54 Å². The fraction of sp³-hybridized carbons (Fsp3) is 0.400. The van der Waals surface area contributed by atoms with Crippen LogP contribution in [0.4, 0.5) is 0 Å². The highest BCUT2D eigenvalue weighted by Crippen LogP contribution is 2.40. The Morgan fingerprint density at radius 3 is 2.72 bits per heavy atom. The molecule has 1 saturated heterocycles. The Labute approximate surface area is 172 Å². The summed E-state index contributed by atoms with van der Waals surface area (Å²) in [5.41, 5.74) is 4.85. The van der Waals surface area contributed by atoms with E-state index < -0.39 is 0 Å². The first-order valence-corrected chi connectivity index (χ1v) is 10.7. The Hall–Kier alpha value is -2.43. The molecule has 1 N–H and O–H groups in total. The fourth-order valence-electron chi connectivity index (χ4n) is 5.14. The highest BCUT2D eigenvalue weighted by atomic mass is 16.5. The second-order valence-electron chi connectivity index (χ2n) is 8.48. The van der Waals surface area contributed by atoms with Crippen LogP contribution in [0.15, 0.2) is 77.1 Å². The number of rotatable bonds is 4. The van der Waals surface area contributed by atoms with Gasteiger partial charge in [0.05, 0.1) is 19.2 Å². The Morgan fingerprint density at radius 2 is 1.97 bits per heavy atom. The van der Waals surface area contributed by atoms with E-state index in [4.69, 9.17) is 4.74 Å². The summed E-state index contributed by atoms with van der Waals surface area (Å²) in [6.07, 6.45) is 11.5. The van der Waals surface area contributed by atoms with Gasteiger partial charge in [-0.25, -0.2) is 0 Å². The van der Waals surface area contributed by atoms with Gasteiger partial charge in [-0.1, -0.05) is 48.6 Å². The molecular weight excluding hydrogens is 360 g/mol. The zero-order valence-corrected chi connectivity index (χ0v) is 16.9. The van der Waals surface area contributed by atoms with E-state index in [0.717, 1.165) is 50.2 Å². The molecule has 0 aromatic heterocycles. The van der Waals surface area contributed by atoms with Gasteiger partial charge in [-0.15, -0.1) is 0 Å². The molecule has 2 fully saturated rings. The Balaban J connectivity index is 1.24. The highest BCUT2D eigenvalue weighted by molar-refractivity contribution is 6.06. The average Bonchev–Trinajstić information content (AvgIpc) is 3.27. The van der Waals surface area contributed by atoms with Crippen molar-refractivity contribution in [1.29, 1.82) is 0 Å². The lowest BCUT2D eigenvalue weighted by Gasteiger charge is -2.31. The van der Waals surface area contributed by atoms with Gasteiger partial charge in [0.25, 0.3) is 0 Å². The largest absolute Gasteiger partial charge is 0.499 e. The molecule has 4 nitrogen and oxygen atoms in total. The summed E-state index contributed by atoms with van der Waals surface area (Å²) in [6.45, 7) is 3.22. The summed E-state index contributed by atoms with van der Waals surface area (Å²) in [6, 6.07) is 10.6. The van der Waals surface area contributed by atoms with Crippen molar-refractivity contribution in [3.05, 3.63) is 82.7 Å². The number of benzene rings is 1. The van der Waals surface area contributed by atoms with E-state index in [2.05, 4.69) is 52.7 Å². The summed E-state index contributed by atoms with van der Waals surface area (Å²) in [5.74, 6) is 1.67. The summed E-state index contributed by atoms with van der Waals surface area (Å²) < 4.78 is 5.49. The standard InChI is InChI=1S/C25H28N2O2/c1-29-22-9-5-8-20-21-15-19(25(28)24(21)26-23(20)22)14-17-10-12-27(13-11-17)16-18-6-3-2-4-7-18/h2-9,14,17,23-24,26H,10-13,15-16H2,1H3. The maximum Gasteiger partial charge on any atom is 0.179 e. The van der Waals surface area contributed by atoms with Crippen LogP contribution < -0.4 is 5.32 Å². The van der Waals surface area contributed by atoms with Crippen molar-refractivity contribution in [3.8, 4) is 0 Å². The van der Waals surface area contributed by atoms with Crippen LogP contribution in [0.2, 0.25) is 0 Å². The van der Waals surface area contributed by atoms with Gasteiger partial charge < -0.3 is 4.74 Å². The normalized spacial score (nSPS) is 28.7. The third-order valence-corrected chi connectivity index (χ3v) is 6.70. The predicted molar refractivity (Wildman–Crippen MR) is 114 cm³/mol. The molecule has 0 radical (unpaired) electrons. The molecule has 0 spiro atoms. The molecule has 29 heavy (non-hydrogen) atoms. The van der Waals surface area contributed by atoms with E-state index in [1.54, 1.807) is 7.11 Å². The molecule has 2 unspecified atom stereocenters. The maximum absolute atomic E-state index is 13.0. The van der Waals surface area contributed by atoms with Crippen LogP contribution in [0.25, 0.3) is 0 Å². The number of piperidine rings is 1. The molecule has 150 valence electrons. The summed E-state index contributed by atoms with van der Waals surface area (Å²) in [7, 11) is 1.69. The number of nitrogens with zero attached hydrogens (tertiary/aromatic N) is 1. The first-order valence-electron chi connectivity index (χ1n) is 10.7. The first kappa shape index (κ1) is 18.6. The van der Waals surface area contributed by atoms with Crippen molar-refractivity contribution in [2.75, 3.05) is 20.2 Å². The third kappa shape index (κ3) is 3.52. The molecule has 4 heteroatoms. The summed E-state index contributed by atoms with van der Waals surface area (Å²) >= 11 is 0. The number of ether oxygens (including phenoxy) is 1. The van der Waals surface area contributed by atoms with Crippen molar-refractivity contribution >= 4 is 5.78 Å². The van der Waals surface area contributed by atoms with Crippen molar-refractivity contribution in [2.24, 2.45) is 5.92 Å². The van der Waals surface area contributed by atoms with E-state index in [1.807, 2.05) is 12.2 Å². The Morgan fingerprint density at radius 1 is 1.17 bits per heavy atom. The van der Waals surface area contributed by atoms with Crippen LogP contribution in [0, 0.1) is 5.92 Å². The molecule has 0 bridgehead atoms. The zero-order chi connectivity index (χ0) is 19.8. The number of likely N-dealkylation sites (tertiary alicyclic amines) is 1. The molecular formula is C25H28N2O2.